The molecule has 1 N–H and O–H groups in total. The van der Waals surface area contributed by atoms with Crippen molar-refractivity contribution in [1.82, 2.24) is 0 Å². The van der Waals surface area contributed by atoms with Crippen LogP contribution < -0.4 is 0 Å². The fourth-order valence-electron chi connectivity index (χ4n) is 3.31. The van der Waals surface area contributed by atoms with Crippen LogP contribution in [0.5, 0.6) is 0 Å². The number of hydrogen-bond donors (Lipinski definition) is 1. The van der Waals surface area contributed by atoms with Gasteiger partial charge in [0.05, 0.1) is 19.6 Å². The lowest BCUT2D eigenvalue weighted by molar-refractivity contribution is -0.882. The first-order valence-electron chi connectivity index (χ1n) is 8.82. The molecule has 0 spiro atoms. The lowest BCUT2D eigenvalue weighted by Crippen LogP contribution is -2.52. The first kappa shape index (κ1) is 19.7. The first-order chi connectivity index (χ1) is 12.8. The van der Waals surface area contributed by atoms with Crippen LogP contribution in [0.15, 0.2) is 60.7 Å². The second-order valence-corrected chi connectivity index (χ2v) is 7.44. The maximum Gasteiger partial charge on any atom is 0.185 e. The van der Waals surface area contributed by atoms with Gasteiger partial charge in [-0.05, 0) is 54.1 Å². The van der Waals surface area contributed by atoms with Crippen LogP contribution in [-0.4, -0.2) is 35.2 Å². The Labute approximate surface area is 162 Å². The maximum atomic E-state index is 12.9. The van der Waals surface area contributed by atoms with Gasteiger partial charge in [0.1, 0.15) is 11.4 Å². The number of carbonyl (C=O) groups is 1. The third-order valence-electron chi connectivity index (χ3n) is 5.08. The lowest BCUT2D eigenvalue weighted by atomic mass is 9.84. The summed E-state index contributed by atoms with van der Waals surface area (Å²) in [5.41, 5.74) is 0.116. The Kier molecular flexibility index (Phi) is 5.77. The molecule has 1 aliphatic rings. The Balaban J connectivity index is 1.58. The van der Waals surface area contributed by atoms with Crippen molar-refractivity contribution in [2.24, 2.45) is 0 Å². The highest BCUT2D eigenvalue weighted by Crippen LogP contribution is 2.35. The fourth-order valence-corrected chi connectivity index (χ4v) is 3.43. The minimum Gasteiger partial charge on any atom is -0.633 e. The molecule has 2 aromatic rings. The van der Waals surface area contributed by atoms with E-state index in [1.54, 1.807) is 30.3 Å². The summed E-state index contributed by atoms with van der Waals surface area (Å²) in [4.78, 5) is 12.0. The largest absolute Gasteiger partial charge is 0.633 e. The van der Waals surface area contributed by atoms with E-state index in [9.17, 15) is 19.5 Å². The number of piperidine rings is 1. The number of hydrogen-bond acceptors (Lipinski definition) is 3. The zero-order valence-electron chi connectivity index (χ0n) is 14.8. The van der Waals surface area contributed by atoms with Gasteiger partial charge < -0.3 is 15.0 Å². The van der Waals surface area contributed by atoms with Crippen molar-refractivity contribution in [1.29, 1.82) is 0 Å². The standard InChI is InChI=1S/C21H21ClFNO3/c22-18-7-5-17(6-8-18)21(26)11-14-24(27,15-12-21)13-1-2-20(25)16-3-9-19(23)10-4-16/h1-10,26H,11-15H2/b2-1+. The van der Waals surface area contributed by atoms with Gasteiger partial charge in [0.2, 0.25) is 0 Å². The van der Waals surface area contributed by atoms with E-state index >= 15 is 0 Å². The molecule has 0 saturated carbocycles. The smallest absolute Gasteiger partial charge is 0.185 e. The Bertz CT molecular complexity index is 826. The summed E-state index contributed by atoms with van der Waals surface area (Å²) in [6, 6.07) is 12.3. The molecule has 0 atom stereocenters. The van der Waals surface area contributed by atoms with Crippen LogP contribution in [0.1, 0.15) is 28.8 Å². The van der Waals surface area contributed by atoms with Crippen molar-refractivity contribution in [3.05, 3.63) is 87.9 Å². The van der Waals surface area contributed by atoms with Crippen molar-refractivity contribution in [2.45, 2.75) is 18.4 Å². The van der Waals surface area contributed by atoms with Crippen LogP contribution in [0.3, 0.4) is 0 Å². The zero-order chi connectivity index (χ0) is 19.5. The number of hydroxylamine groups is 3. The minimum atomic E-state index is -1.02. The Morgan fingerprint density at radius 1 is 1.15 bits per heavy atom. The van der Waals surface area contributed by atoms with Crippen LogP contribution >= 0.6 is 11.6 Å². The van der Waals surface area contributed by atoms with Crippen molar-refractivity contribution in [3.8, 4) is 0 Å². The quantitative estimate of drug-likeness (QED) is 0.360. The number of likely N-dealkylation sites (tertiary alicyclic amines) is 1. The van der Waals surface area contributed by atoms with Crippen LogP contribution in [0.4, 0.5) is 4.39 Å². The fraction of sp³-hybridized carbons (Fsp3) is 0.286. The highest BCUT2D eigenvalue weighted by Gasteiger charge is 2.38. The number of benzene rings is 2. The molecule has 0 bridgehead atoms. The van der Waals surface area contributed by atoms with Crippen LogP contribution in [0.25, 0.3) is 0 Å². The van der Waals surface area contributed by atoms with Crippen LogP contribution in [0, 0.1) is 11.0 Å². The molecule has 2 aromatic carbocycles. The molecule has 1 saturated heterocycles. The number of rotatable bonds is 5. The van der Waals surface area contributed by atoms with Gasteiger partial charge in [0.25, 0.3) is 0 Å². The summed E-state index contributed by atoms with van der Waals surface area (Å²) >= 11 is 5.89. The Morgan fingerprint density at radius 2 is 1.74 bits per heavy atom. The SMILES string of the molecule is O=C(/C=C/C[N+]1([O-])CCC(O)(c2ccc(Cl)cc2)CC1)c1ccc(F)cc1. The predicted molar refractivity (Wildman–Crippen MR) is 103 cm³/mol. The molecule has 27 heavy (non-hydrogen) atoms. The highest BCUT2D eigenvalue weighted by molar-refractivity contribution is 6.30. The van der Waals surface area contributed by atoms with Gasteiger partial charge in [-0.2, -0.15) is 0 Å². The maximum absolute atomic E-state index is 12.9. The van der Waals surface area contributed by atoms with Gasteiger partial charge in [0.15, 0.2) is 5.78 Å². The van der Waals surface area contributed by atoms with Gasteiger partial charge in [-0.25, -0.2) is 4.39 Å². The van der Waals surface area contributed by atoms with Gasteiger partial charge in [-0.3, -0.25) is 4.79 Å². The topological polar surface area (TPSA) is 60.4 Å². The molecule has 0 aliphatic carbocycles. The first-order valence-corrected chi connectivity index (χ1v) is 9.20. The third kappa shape index (κ3) is 4.82. The molecule has 0 amide bonds. The molecule has 1 aliphatic heterocycles. The monoisotopic (exact) mass is 389 g/mol. The third-order valence-corrected chi connectivity index (χ3v) is 5.34. The number of halogens is 2. The molecule has 6 heteroatoms. The van der Waals surface area contributed by atoms with E-state index < -0.39 is 16.1 Å². The van der Waals surface area contributed by atoms with Gasteiger partial charge in [-0.15, -0.1) is 0 Å². The minimum absolute atomic E-state index is 0.156. The zero-order valence-corrected chi connectivity index (χ0v) is 15.5. The number of carbonyl (C=O) groups excluding carboxylic acids is 1. The summed E-state index contributed by atoms with van der Waals surface area (Å²) in [5.74, 6) is -0.669. The summed E-state index contributed by atoms with van der Waals surface area (Å²) in [6.07, 6.45) is 3.60. The number of quaternary nitrogens is 1. The molecule has 4 nitrogen and oxygen atoms in total. The molecule has 0 radical (unpaired) electrons. The summed E-state index contributed by atoms with van der Waals surface area (Å²) in [7, 11) is 0. The van der Waals surface area contributed by atoms with E-state index in [0.29, 0.717) is 23.4 Å². The van der Waals surface area contributed by atoms with Gasteiger partial charge >= 0.3 is 0 Å². The summed E-state index contributed by atoms with van der Waals surface area (Å²) in [5, 5.41) is 24.3. The highest BCUT2D eigenvalue weighted by atomic mass is 35.5. The molecule has 0 aromatic heterocycles. The normalized spacial score (nSPS) is 25.6. The second-order valence-electron chi connectivity index (χ2n) is 7.00. The summed E-state index contributed by atoms with van der Waals surface area (Å²) < 4.78 is 12.4. The summed E-state index contributed by atoms with van der Waals surface area (Å²) in [6.45, 7) is 0.673. The van der Waals surface area contributed by atoms with Gasteiger partial charge in [0, 0.05) is 23.4 Å². The van der Waals surface area contributed by atoms with E-state index in [1.807, 2.05) is 0 Å². The average molecular weight is 390 g/mol. The Hall–Kier alpha value is -2.05. The molecular weight excluding hydrogens is 369 g/mol. The van der Waals surface area contributed by atoms with E-state index in [1.165, 1.54) is 30.3 Å². The molecule has 142 valence electrons. The van der Waals surface area contributed by atoms with Crippen molar-refractivity contribution in [2.75, 3.05) is 19.6 Å². The second kappa shape index (κ2) is 7.90. The number of aliphatic hydroxyl groups is 1. The predicted octanol–water partition coefficient (Wildman–Crippen LogP) is 4.21. The van der Waals surface area contributed by atoms with Gasteiger partial charge in [-0.1, -0.05) is 23.7 Å². The molecule has 3 rings (SSSR count). The number of allylic oxidation sites excluding steroid dienone is 1. The van der Waals surface area contributed by atoms with E-state index in [0.717, 1.165) is 5.56 Å². The van der Waals surface area contributed by atoms with Crippen molar-refractivity contribution < 1.29 is 18.9 Å². The number of nitrogens with zero attached hydrogens (tertiary/aromatic N) is 1. The van der Waals surface area contributed by atoms with E-state index in [-0.39, 0.29) is 25.4 Å². The number of ketones is 1. The molecule has 1 fully saturated rings. The molecule has 0 unspecified atom stereocenters. The molecular formula is C21H21ClFNO3. The van der Waals surface area contributed by atoms with Crippen LogP contribution in [-0.2, 0) is 5.60 Å². The van der Waals surface area contributed by atoms with E-state index in [2.05, 4.69) is 0 Å². The van der Waals surface area contributed by atoms with E-state index in [4.69, 9.17) is 11.6 Å². The average Bonchev–Trinajstić information content (AvgIpc) is 2.65. The van der Waals surface area contributed by atoms with Crippen molar-refractivity contribution in [3.63, 3.8) is 0 Å². The molecule has 1 heterocycles. The lowest BCUT2D eigenvalue weighted by Gasteiger charge is -2.49. The van der Waals surface area contributed by atoms with Crippen LogP contribution in [0.2, 0.25) is 5.02 Å². The van der Waals surface area contributed by atoms with Crippen molar-refractivity contribution >= 4 is 17.4 Å². The Morgan fingerprint density at radius 3 is 2.33 bits per heavy atom.